The highest BCUT2D eigenvalue weighted by molar-refractivity contribution is 7.89. The molecule has 1 aliphatic rings. The third-order valence-electron chi connectivity index (χ3n) is 3.21. The van der Waals surface area contributed by atoms with Crippen LogP contribution in [0.25, 0.3) is 0 Å². The summed E-state index contributed by atoms with van der Waals surface area (Å²) in [5, 5.41) is 4.30. The zero-order valence-electron chi connectivity index (χ0n) is 10.9. The Hall–Kier alpha value is -1.60. The van der Waals surface area contributed by atoms with Gasteiger partial charge in [0, 0.05) is 27.1 Å². The third-order valence-corrected chi connectivity index (χ3v) is 4.45. The number of amides is 1. The van der Waals surface area contributed by atoms with Crippen molar-refractivity contribution >= 4 is 27.3 Å². The zero-order valence-corrected chi connectivity index (χ0v) is 11.7. The van der Waals surface area contributed by atoms with Crippen LogP contribution in [0.1, 0.15) is 6.42 Å². The fraction of sp³-hybridized carbons (Fsp3) is 0.417. The van der Waals surface area contributed by atoms with Crippen LogP contribution in [0, 0.1) is 0 Å². The minimum absolute atomic E-state index is 0.0550. The van der Waals surface area contributed by atoms with Gasteiger partial charge >= 0.3 is 0 Å². The van der Waals surface area contributed by atoms with E-state index in [-0.39, 0.29) is 18.9 Å². The predicted molar refractivity (Wildman–Crippen MR) is 74.6 cm³/mol. The Bertz CT molecular complexity index is 598. The third kappa shape index (κ3) is 2.71. The van der Waals surface area contributed by atoms with Gasteiger partial charge in [0.15, 0.2) is 0 Å². The molecule has 1 aliphatic heterocycles. The number of sulfonamides is 1. The van der Waals surface area contributed by atoms with Crippen LogP contribution in [0.2, 0.25) is 0 Å². The van der Waals surface area contributed by atoms with E-state index >= 15 is 0 Å². The van der Waals surface area contributed by atoms with Crippen molar-refractivity contribution in [2.24, 2.45) is 5.14 Å². The van der Waals surface area contributed by atoms with E-state index in [0.717, 1.165) is 5.69 Å². The molecule has 1 unspecified atom stereocenters. The molecule has 19 heavy (non-hydrogen) atoms. The Morgan fingerprint density at radius 3 is 2.47 bits per heavy atom. The van der Waals surface area contributed by atoms with E-state index in [1.807, 2.05) is 37.2 Å². The first kappa shape index (κ1) is 13.8. The fourth-order valence-electron chi connectivity index (χ4n) is 2.20. The summed E-state index contributed by atoms with van der Waals surface area (Å²) in [7, 11) is 0.0576. The lowest BCUT2D eigenvalue weighted by atomic mass is 10.2. The van der Waals surface area contributed by atoms with Crippen molar-refractivity contribution in [3.8, 4) is 0 Å². The first-order chi connectivity index (χ1) is 8.80. The number of hydrogen-bond donors (Lipinski definition) is 1. The predicted octanol–water partition coefficient (Wildman–Crippen LogP) is 0.146. The summed E-state index contributed by atoms with van der Waals surface area (Å²) in [5.74, 6) is -0.215. The van der Waals surface area contributed by atoms with Crippen molar-refractivity contribution in [1.29, 1.82) is 0 Å². The van der Waals surface area contributed by atoms with Crippen molar-refractivity contribution < 1.29 is 13.2 Å². The standard InChI is InChI=1S/C12H17N3O3S/c1-14(2)10-5-3-4-6-11(10)15-8-9(7-12(15)16)19(13,17)18/h3-6,9H,7-8H2,1-2H3,(H2,13,17,18). The molecule has 1 amide bonds. The molecule has 2 N–H and O–H groups in total. The van der Waals surface area contributed by atoms with Crippen molar-refractivity contribution in [3.05, 3.63) is 24.3 Å². The molecule has 6 nitrogen and oxygen atoms in total. The molecule has 7 heteroatoms. The summed E-state index contributed by atoms with van der Waals surface area (Å²) in [5.41, 5.74) is 1.58. The van der Waals surface area contributed by atoms with Crippen LogP contribution in [0.15, 0.2) is 24.3 Å². The summed E-state index contributed by atoms with van der Waals surface area (Å²) < 4.78 is 22.7. The number of nitrogens with two attached hydrogens (primary N) is 1. The average Bonchev–Trinajstić information content (AvgIpc) is 2.71. The van der Waals surface area contributed by atoms with Gasteiger partial charge in [0.05, 0.1) is 11.4 Å². The van der Waals surface area contributed by atoms with Crippen molar-refractivity contribution in [2.45, 2.75) is 11.7 Å². The van der Waals surface area contributed by atoms with E-state index in [1.54, 1.807) is 6.07 Å². The molecular formula is C12H17N3O3S. The lowest BCUT2D eigenvalue weighted by Gasteiger charge is -2.23. The summed E-state index contributed by atoms with van der Waals surface area (Å²) in [4.78, 5) is 15.4. The van der Waals surface area contributed by atoms with Crippen LogP contribution in [0.5, 0.6) is 0 Å². The second-order valence-corrected chi connectivity index (χ2v) is 6.65. The highest BCUT2D eigenvalue weighted by Gasteiger charge is 2.37. The van der Waals surface area contributed by atoms with E-state index in [0.29, 0.717) is 5.69 Å². The first-order valence-corrected chi connectivity index (χ1v) is 7.50. The molecule has 1 heterocycles. The van der Waals surface area contributed by atoms with Crippen LogP contribution in [-0.4, -0.2) is 40.2 Å². The largest absolute Gasteiger partial charge is 0.376 e. The van der Waals surface area contributed by atoms with E-state index in [9.17, 15) is 13.2 Å². The van der Waals surface area contributed by atoms with Gasteiger partial charge in [0.1, 0.15) is 5.25 Å². The topological polar surface area (TPSA) is 83.7 Å². The highest BCUT2D eigenvalue weighted by atomic mass is 32.2. The van der Waals surface area contributed by atoms with Gasteiger partial charge in [-0.15, -0.1) is 0 Å². The minimum Gasteiger partial charge on any atom is -0.376 e. The Labute approximate surface area is 112 Å². The molecule has 104 valence electrons. The number of para-hydroxylation sites is 2. The van der Waals surface area contributed by atoms with Crippen molar-refractivity contribution in [3.63, 3.8) is 0 Å². The van der Waals surface area contributed by atoms with Gasteiger partial charge in [-0.2, -0.15) is 0 Å². The summed E-state index contributed by atoms with van der Waals surface area (Å²) >= 11 is 0. The maximum absolute atomic E-state index is 12.0. The number of carbonyl (C=O) groups excluding carboxylic acids is 1. The molecule has 2 rings (SSSR count). The van der Waals surface area contributed by atoms with E-state index in [4.69, 9.17) is 5.14 Å². The Balaban J connectivity index is 2.36. The molecule has 1 atom stereocenters. The number of carbonyl (C=O) groups is 1. The Morgan fingerprint density at radius 1 is 1.32 bits per heavy atom. The molecule has 1 saturated heterocycles. The lowest BCUT2D eigenvalue weighted by Crippen LogP contribution is -2.32. The number of rotatable bonds is 3. The smallest absolute Gasteiger partial charge is 0.228 e. The number of hydrogen-bond acceptors (Lipinski definition) is 4. The first-order valence-electron chi connectivity index (χ1n) is 5.89. The van der Waals surface area contributed by atoms with Crippen molar-refractivity contribution in [1.82, 2.24) is 0 Å². The second-order valence-electron chi connectivity index (χ2n) is 4.80. The Kier molecular flexibility index (Phi) is 3.51. The normalized spacial score (nSPS) is 19.8. The molecule has 0 spiro atoms. The number of anilines is 2. The van der Waals surface area contributed by atoms with Gasteiger partial charge in [-0.05, 0) is 12.1 Å². The van der Waals surface area contributed by atoms with Crippen LogP contribution >= 0.6 is 0 Å². The number of benzene rings is 1. The molecule has 1 aromatic rings. The van der Waals surface area contributed by atoms with Gasteiger partial charge in [-0.3, -0.25) is 4.79 Å². The molecule has 1 aromatic carbocycles. The quantitative estimate of drug-likeness (QED) is 0.855. The number of nitrogens with zero attached hydrogens (tertiary/aromatic N) is 2. The van der Waals surface area contributed by atoms with Crippen LogP contribution < -0.4 is 14.9 Å². The molecule has 0 bridgehead atoms. The van der Waals surface area contributed by atoms with Gasteiger partial charge < -0.3 is 9.80 Å². The van der Waals surface area contributed by atoms with E-state index in [2.05, 4.69) is 0 Å². The van der Waals surface area contributed by atoms with Gasteiger partial charge in [0.25, 0.3) is 0 Å². The van der Waals surface area contributed by atoms with E-state index in [1.165, 1.54) is 4.90 Å². The van der Waals surface area contributed by atoms with Crippen LogP contribution in [-0.2, 0) is 14.8 Å². The minimum atomic E-state index is -3.69. The van der Waals surface area contributed by atoms with Crippen molar-refractivity contribution in [2.75, 3.05) is 30.4 Å². The maximum atomic E-state index is 12.0. The zero-order chi connectivity index (χ0) is 14.2. The van der Waals surface area contributed by atoms with Crippen LogP contribution in [0.4, 0.5) is 11.4 Å². The molecule has 0 saturated carbocycles. The Morgan fingerprint density at radius 2 is 1.95 bits per heavy atom. The summed E-state index contributed by atoms with van der Waals surface area (Å²) in [6, 6.07) is 7.38. The maximum Gasteiger partial charge on any atom is 0.228 e. The summed E-state index contributed by atoms with van der Waals surface area (Å²) in [6.07, 6.45) is -0.0550. The fourth-order valence-corrected chi connectivity index (χ4v) is 2.93. The molecule has 1 fully saturated rings. The SMILES string of the molecule is CN(C)c1ccccc1N1CC(S(N)(=O)=O)CC1=O. The lowest BCUT2D eigenvalue weighted by molar-refractivity contribution is -0.117. The van der Waals surface area contributed by atoms with Gasteiger partial charge in [0.2, 0.25) is 15.9 Å². The summed E-state index contributed by atoms with van der Waals surface area (Å²) in [6.45, 7) is 0.114. The average molecular weight is 283 g/mol. The highest BCUT2D eigenvalue weighted by Crippen LogP contribution is 2.32. The molecule has 0 aromatic heterocycles. The monoisotopic (exact) mass is 283 g/mol. The number of primary sulfonamides is 1. The molecule has 0 radical (unpaired) electrons. The molecular weight excluding hydrogens is 266 g/mol. The van der Waals surface area contributed by atoms with E-state index < -0.39 is 15.3 Å². The second kappa shape index (κ2) is 4.82. The van der Waals surface area contributed by atoms with Gasteiger partial charge in [-0.25, -0.2) is 13.6 Å². The van der Waals surface area contributed by atoms with Crippen LogP contribution in [0.3, 0.4) is 0 Å². The molecule has 0 aliphatic carbocycles. The van der Waals surface area contributed by atoms with Gasteiger partial charge in [-0.1, -0.05) is 12.1 Å².